The van der Waals surface area contributed by atoms with E-state index in [4.69, 9.17) is 5.11 Å². The second kappa shape index (κ2) is 5.69. The minimum absolute atomic E-state index is 0.0753. The maximum Gasteiger partial charge on any atom is 0.303 e. The summed E-state index contributed by atoms with van der Waals surface area (Å²) in [5, 5.41) is 11.8. The summed E-state index contributed by atoms with van der Waals surface area (Å²) in [6.45, 7) is 4.33. The van der Waals surface area contributed by atoms with Crippen molar-refractivity contribution in [2.24, 2.45) is 0 Å². The molecule has 21 heavy (non-hydrogen) atoms. The average molecular weight is 292 g/mol. The lowest BCUT2D eigenvalue weighted by atomic mass is 10.1. The van der Waals surface area contributed by atoms with Gasteiger partial charge in [-0.25, -0.2) is 9.50 Å². The molecule has 0 aromatic carbocycles. The second-order valence-electron chi connectivity index (χ2n) is 5.49. The van der Waals surface area contributed by atoms with E-state index in [1.165, 1.54) is 4.52 Å². The second-order valence-corrected chi connectivity index (χ2v) is 5.49. The van der Waals surface area contributed by atoms with Gasteiger partial charge in [0.25, 0.3) is 5.56 Å². The van der Waals surface area contributed by atoms with Crippen LogP contribution in [-0.2, 0) is 17.8 Å². The van der Waals surface area contributed by atoms with Gasteiger partial charge in [-0.15, -0.1) is 0 Å². The van der Waals surface area contributed by atoms with Crippen molar-refractivity contribution >= 4 is 11.6 Å². The monoisotopic (exact) mass is 292 g/mol. The number of carboxylic acids is 1. The van der Waals surface area contributed by atoms with Gasteiger partial charge in [0, 0.05) is 35.5 Å². The van der Waals surface area contributed by atoms with Gasteiger partial charge in [0.1, 0.15) is 0 Å². The van der Waals surface area contributed by atoms with Crippen molar-refractivity contribution in [2.75, 3.05) is 14.1 Å². The smallest absolute Gasteiger partial charge is 0.303 e. The Hall–Kier alpha value is -2.15. The number of aliphatic carboxylic acids is 1. The number of aromatic amines is 1. The molecule has 7 nitrogen and oxygen atoms in total. The van der Waals surface area contributed by atoms with Gasteiger partial charge in [0.15, 0.2) is 5.65 Å². The lowest BCUT2D eigenvalue weighted by Gasteiger charge is -2.09. The lowest BCUT2D eigenvalue weighted by molar-refractivity contribution is -0.136. The van der Waals surface area contributed by atoms with Gasteiger partial charge in [0.2, 0.25) is 0 Å². The Morgan fingerprint density at radius 1 is 1.33 bits per heavy atom. The number of aromatic nitrogens is 3. The van der Waals surface area contributed by atoms with Crippen LogP contribution in [0, 0.1) is 13.8 Å². The Kier molecular flexibility index (Phi) is 4.13. The predicted octanol–water partition coefficient (Wildman–Crippen LogP) is 0.718. The van der Waals surface area contributed by atoms with E-state index in [9.17, 15) is 9.59 Å². The van der Waals surface area contributed by atoms with Gasteiger partial charge in [-0.05, 0) is 34.4 Å². The van der Waals surface area contributed by atoms with Gasteiger partial charge in [-0.2, -0.15) is 0 Å². The molecule has 0 bridgehead atoms. The number of hydrogen-bond acceptors (Lipinski definition) is 4. The molecule has 0 atom stereocenters. The van der Waals surface area contributed by atoms with Gasteiger partial charge < -0.3 is 10.0 Å². The van der Waals surface area contributed by atoms with Gasteiger partial charge in [0.05, 0.1) is 0 Å². The van der Waals surface area contributed by atoms with Crippen LogP contribution in [0.25, 0.3) is 5.65 Å². The third-order valence-electron chi connectivity index (χ3n) is 3.45. The molecule has 114 valence electrons. The molecule has 2 rings (SSSR count). The van der Waals surface area contributed by atoms with Crippen molar-refractivity contribution in [2.45, 2.75) is 33.2 Å². The highest BCUT2D eigenvalue weighted by Gasteiger charge is 2.17. The molecule has 0 saturated carbocycles. The quantitative estimate of drug-likeness (QED) is 0.847. The molecular formula is C14H20N4O3. The number of aryl methyl sites for hydroxylation is 2. The van der Waals surface area contributed by atoms with Crippen LogP contribution in [0.4, 0.5) is 0 Å². The van der Waals surface area contributed by atoms with Crippen LogP contribution in [-0.4, -0.2) is 44.7 Å². The fourth-order valence-electron chi connectivity index (χ4n) is 2.40. The average Bonchev–Trinajstić information content (AvgIpc) is 2.66. The molecule has 0 spiro atoms. The number of rotatable bonds is 5. The van der Waals surface area contributed by atoms with E-state index in [-0.39, 0.29) is 18.4 Å². The van der Waals surface area contributed by atoms with E-state index in [0.717, 1.165) is 11.3 Å². The summed E-state index contributed by atoms with van der Waals surface area (Å²) >= 11 is 0. The number of fused-ring (bicyclic) bond motifs is 1. The van der Waals surface area contributed by atoms with E-state index in [0.29, 0.717) is 23.4 Å². The first kappa shape index (κ1) is 15.2. The standard InChI is InChI=1S/C14H20N4O3/c1-8-10(5-6-12(19)20)14(21)18-13(15-8)11(7-17(3)4)9(2)16-18/h16H,5-7H2,1-4H3,(H,19,20). The Bertz CT molecular complexity index is 743. The van der Waals surface area contributed by atoms with Crippen molar-refractivity contribution in [3.05, 3.63) is 32.9 Å². The van der Waals surface area contributed by atoms with Crippen LogP contribution < -0.4 is 5.56 Å². The van der Waals surface area contributed by atoms with E-state index >= 15 is 0 Å². The minimum Gasteiger partial charge on any atom is -0.481 e. The molecule has 0 saturated heterocycles. The van der Waals surface area contributed by atoms with E-state index in [1.807, 2.05) is 25.9 Å². The largest absolute Gasteiger partial charge is 0.481 e. The fraction of sp³-hybridized carbons (Fsp3) is 0.500. The predicted molar refractivity (Wildman–Crippen MR) is 78.6 cm³/mol. The summed E-state index contributed by atoms with van der Waals surface area (Å²) in [6, 6.07) is 0. The van der Waals surface area contributed by atoms with E-state index in [2.05, 4.69) is 10.1 Å². The SMILES string of the molecule is Cc1nc2c(CN(C)C)c(C)[nH]n2c(=O)c1CCC(=O)O. The minimum atomic E-state index is -0.921. The summed E-state index contributed by atoms with van der Waals surface area (Å²) in [5.41, 5.74) is 3.32. The highest BCUT2D eigenvalue weighted by molar-refractivity contribution is 5.67. The number of nitrogens with zero attached hydrogens (tertiary/aromatic N) is 3. The first-order valence-electron chi connectivity index (χ1n) is 6.77. The number of carboxylic acid groups (broad SMARTS) is 1. The van der Waals surface area contributed by atoms with E-state index < -0.39 is 5.97 Å². The topological polar surface area (TPSA) is 90.7 Å². The fourth-order valence-corrected chi connectivity index (χ4v) is 2.40. The molecule has 0 amide bonds. The third-order valence-corrected chi connectivity index (χ3v) is 3.45. The summed E-state index contributed by atoms with van der Waals surface area (Å²) in [5.74, 6) is -0.921. The Morgan fingerprint density at radius 3 is 2.57 bits per heavy atom. The molecule has 0 aliphatic heterocycles. The zero-order chi connectivity index (χ0) is 15.7. The van der Waals surface area contributed by atoms with Crippen LogP contribution in [0.3, 0.4) is 0 Å². The molecule has 2 N–H and O–H groups in total. The van der Waals surface area contributed by atoms with Crippen molar-refractivity contribution in [1.82, 2.24) is 19.5 Å². The first-order chi connectivity index (χ1) is 9.81. The molecule has 2 heterocycles. The zero-order valence-electron chi connectivity index (χ0n) is 12.7. The maximum absolute atomic E-state index is 12.5. The Balaban J connectivity index is 2.58. The lowest BCUT2D eigenvalue weighted by Crippen LogP contribution is -2.23. The summed E-state index contributed by atoms with van der Waals surface area (Å²) in [6.07, 6.45) is 0.116. The number of H-pyrrole nitrogens is 1. The third kappa shape index (κ3) is 2.97. The molecule has 0 radical (unpaired) electrons. The molecule has 0 fully saturated rings. The van der Waals surface area contributed by atoms with Crippen LogP contribution in [0.2, 0.25) is 0 Å². The zero-order valence-corrected chi connectivity index (χ0v) is 12.7. The van der Waals surface area contributed by atoms with E-state index in [1.54, 1.807) is 6.92 Å². The molecule has 0 aliphatic carbocycles. The van der Waals surface area contributed by atoms with Crippen LogP contribution in [0.15, 0.2) is 4.79 Å². The molecular weight excluding hydrogens is 272 g/mol. The molecule has 2 aromatic heterocycles. The van der Waals surface area contributed by atoms with Crippen LogP contribution >= 0.6 is 0 Å². The highest BCUT2D eigenvalue weighted by Crippen LogP contribution is 2.15. The van der Waals surface area contributed by atoms with Crippen molar-refractivity contribution in [3.8, 4) is 0 Å². The van der Waals surface area contributed by atoms with Gasteiger partial charge in [-0.1, -0.05) is 0 Å². The Labute approximate surface area is 122 Å². The normalized spacial score (nSPS) is 11.5. The van der Waals surface area contributed by atoms with Crippen molar-refractivity contribution < 1.29 is 9.90 Å². The van der Waals surface area contributed by atoms with Gasteiger partial charge in [-0.3, -0.25) is 14.7 Å². The Morgan fingerprint density at radius 2 is 2.00 bits per heavy atom. The summed E-state index contributed by atoms with van der Waals surface area (Å²) in [7, 11) is 3.91. The first-order valence-corrected chi connectivity index (χ1v) is 6.77. The van der Waals surface area contributed by atoms with Crippen molar-refractivity contribution in [3.63, 3.8) is 0 Å². The molecule has 0 unspecified atom stereocenters. The summed E-state index contributed by atoms with van der Waals surface area (Å²) < 4.78 is 1.42. The van der Waals surface area contributed by atoms with Crippen molar-refractivity contribution in [1.29, 1.82) is 0 Å². The van der Waals surface area contributed by atoms with Crippen LogP contribution in [0.1, 0.15) is 28.9 Å². The van der Waals surface area contributed by atoms with Gasteiger partial charge >= 0.3 is 5.97 Å². The highest BCUT2D eigenvalue weighted by atomic mass is 16.4. The molecule has 2 aromatic rings. The number of nitrogens with one attached hydrogen (secondary N) is 1. The number of hydrogen-bond donors (Lipinski definition) is 2. The molecule has 7 heteroatoms. The maximum atomic E-state index is 12.5. The van der Waals surface area contributed by atoms with Crippen LogP contribution in [0.5, 0.6) is 0 Å². The summed E-state index contributed by atoms with van der Waals surface area (Å²) in [4.78, 5) is 29.7. The molecule has 0 aliphatic rings. The number of carbonyl (C=O) groups is 1.